The first kappa shape index (κ1) is 15.2. The van der Waals surface area contributed by atoms with Crippen molar-refractivity contribution in [2.75, 3.05) is 27.2 Å². The average molecular weight is 294 g/mol. The highest BCUT2D eigenvalue weighted by atomic mass is 19.1. The summed E-state index contributed by atoms with van der Waals surface area (Å²) in [6.45, 7) is 0.222. The summed E-state index contributed by atoms with van der Waals surface area (Å²) in [6, 6.07) is 3.29. The van der Waals surface area contributed by atoms with Crippen LogP contribution in [0.2, 0.25) is 0 Å². The fourth-order valence-corrected chi connectivity index (χ4v) is 2.23. The third-order valence-electron chi connectivity index (χ3n) is 3.21. The summed E-state index contributed by atoms with van der Waals surface area (Å²) in [4.78, 5) is 27.0. The molecule has 1 aliphatic heterocycles. The van der Waals surface area contributed by atoms with Crippen LogP contribution in [0, 0.1) is 11.6 Å². The molecule has 112 valence electrons. The van der Waals surface area contributed by atoms with Crippen LogP contribution in [-0.4, -0.2) is 48.7 Å². The number of amides is 1. The maximum absolute atomic E-state index is 13.7. The number of likely N-dealkylation sites (tertiary alicyclic amines) is 1. The Morgan fingerprint density at radius 2 is 1.90 bits per heavy atom. The van der Waals surface area contributed by atoms with E-state index < -0.39 is 23.1 Å². The molecule has 21 heavy (non-hydrogen) atoms. The lowest BCUT2D eigenvalue weighted by molar-refractivity contribution is -0.117. The highest BCUT2D eigenvalue weighted by molar-refractivity contribution is 6.00. The van der Waals surface area contributed by atoms with E-state index in [0.717, 1.165) is 12.1 Å². The smallest absolute Gasteiger partial charge is 0.260 e. The number of benzene rings is 1. The number of nitrogens with zero attached hydrogens (tertiary/aromatic N) is 2. The molecule has 1 heterocycles. The van der Waals surface area contributed by atoms with Crippen LogP contribution in [0.3, 0.4) is 0 Å². The van der Waals surface area contributed by atoms with Crippen LogP contribution >= 0.6 is 0 Å². The molecule has 1 saturated heterocycles. The van der Waals surface area contributed by atoms with Gasteiger partial charge in [-0.25, -0.2) is 8.78 Å². The zero-order valence-electron chi connectivity index (χ0n) is 11.9. The number of ketones is 1. The van der Waals surface area contributed by atoms with Crippen molar-refractivity contribution in [3.05, 3.63) is 47.2 Å². The molecule has 1 aromatic carbocycles. The molecule has 6 heteroatoms. The number of hydrogen-bond donors (Lipinski definition) is 0. The fourth-order valence-electron chi connectivity index (χ4n) is 2.23. The van der Waals surface area contributed by atoms with Gasteiger partial charge in [0.05, 0.1) is 6.54 Å². The van der Waals surface area contributed by atoms with Gasteiger partial charge in [-0.15, -0.1) is 0 Å². The van der Waals surface area contributed by atoms with E-state index in [-0.39, 0.29) is 25.3 Å². The van der Waals surface area contributed by atoms with Gasteiger partial charge >= 0.3 is 0 Å². The molecule has 0 spiro atoms. The minimum Gasteiger partial charge on any atom is -0.383 e. The molecule has 4 nitrogen and oxygen atoms in total. The van der Waals surface area contributed by atoms with E-state index in [1.165, 1.54) is 11.0 Å². The van der Waals surface area contributed by atoms with Crippen LogP contribution in [0.25, 0.3) is 0 Å². The summed E-state index contributed by atoms with van der Waals surface area (Å²) in [5, 5.41) is 0. The van der Waals surface area contributed by atoms with Crippen molar-refractivity contribution < 1.29 is 18.4 Å². The first-order valence-corrected chi connectivity index (χ1v) is 6.53. The van der Waals surface area contributed by atoms with Gasteiger partial charge in [0.25, 0.3) is 5.91 Å². The van der Waals surface area contributed by atoms with Gasteiger partial charge < -0.3 is 9.80 Å². The Labute approximate surface area is 121 Å². The number of carbonyl (C=O) groups is 2. The Kier molecular flexibility index (Phi) is 4.35. The minimum absolute atomic E-state index is 0.0539. The zero-order valence-corrected chi connectivity index (χ0v) is 11.9. The maximum Gasteiger partial charge on any atom is 0.260 e. The highest BCUT2D eigenvalue weighted by Gasteiger charge is 2.29. The molecule has 0 bridgehead atoms. The van der Waals surface area contributed by atoms with Crippen LogP contribution in [-0.2, 0) is 4.79 Å². The summed E-state index contributed by atoms with van der Waals surface area (Å²) >= 11 is 0. The first-order valence-electron chi connectivity index (χ1n) is 6.53. The number of rotatable bonds is 2. The fraction of sp³-hybridized carbons (Fsp3) is 0.333. The Morgan fingerprint density at radius 1 is 1.29 bits per heavy atom. The van der Waals surface area contributed by atoms with E-state index in [4.69, 9.17) is 0 Å². The molecule has 0 aromatic heterocycles. The molecule has 1 fully saturated rings. The third kappa shape index (κ3) is 3.26. The van der Waals surface area contributed by atoms with E-state index in [9.17, 15) is 18.4 Å². The van der Waals surface area contributed by atoms with Crippen molar-refractivity contribution in [2.45, 2.75) is 6.42 Å². The second-order valence-electron chi connectivity index (χ2n) is 5.11. The predicted octanol–water partition coefficient (Wildman–Crippen LogP) is 1.83. The number of hydrogen-bond acceptors (Lipinski definition) is 3. The second kappa shape index (κ2) is 6.03. The van der Waals surface area contributed by atoms with Crippen molar-refractivity contribution in [1.29, 1.82) is 0 Å². The largest absolute Gasteiger partial charge is 0.383 e. The standard InChI is InChI=1S/C15H16F2N2O2/c1-18(2)8-10-9-19(7-6-13(10)20)15(21)14-11(16)4-3-5-12(14)17/h3-5,8H,6-7,9H2,1-2H3/b10-8+. The molecular weight excluding hydrogens is 278 g/mol. The van der Waals surface area contributed by atoms with E-state index in [2.05, 4.69) is 0 Å². The van der Waals surface area contributed by atoms with Crippen LogP contribution in [0.15, 0.2) is 30.0 Å². The molecule has 0 unspecified atom stereocenters. The molecule has 0 N–H and O–H groups in total. The Hall–Kier alpha value is -2.24. The SMILES string of the molecule is CN(C)/C=C1\CN(C(=O)c2c(F)cccc2F)CCC1=O. The minimum atomic E-state index is -0.893. The first-order chi connectivity index (χ1) is 9.90. The number of piperidine rings is 1. The molecule has 0 atom stereocenters. The third-order valence-corrected chi connectivity index (χ3v) is 3.21. The normalized spacial score (nSPS) is 17.2. The molecule has 0 saturated carbocycles. The predicted molar refractivity (Wildman–Crippen MR) is 73.7 cm³/mol. The summed E-state index contributed by atoms with van der Waals surface area (Å²) in [7, 11) is 3.52. The van der Waals surface area contributed by atoms with Crippen molar-refractivity contribution in [1.82, 2.24) is 9.80 Å². The van der Waals surface area contributed by atoms with Crippen LogP contribution < -0.4 is 0 Å². The number of Topliss-reactive ketones (excluding diaryl/α,β-unsaturated/α-hetero) is 1. The lowest BCUT2D eigenvalue weighted by Gasteiger charge is -2.28. The van der Waals surface area contributed by atoms with Crippen molar-refractivity contribution in [3.8, 4) is 0 Å². The average Bonchev–Trinajstić information content (AvgIpc) is 2.40. The highest BCUT2D eigenvalue weighted by Crippen LogP contribution is 2.19. The maximum atomic E-state index is 13.7. The van der Waals surface area contributed by atoms with E-state index in [0.29, 0.717) is 5.57 Å². The van der Waals surface area contributed by atoms with Crippen molar-refractivity contribution >= 4 is 11.7 Å². The van der Waals surface area contributed by atoms with Gasteiger partial charge in [-0.1, -0.05) is 6.07 Å². The molecule has 2 rings (SSSR count). The number of halogens is 2. The van der Waals surface area contributed by atoms with Gasteiger partial charge in [-0.2, -0.15) is 0 Å². The van der Waals surface area contributed by atoms with Crippen LogP contribution in [0.5, 0.6) is 0 Å². The van der Waals surface area contributed by atoms with E-state index >= 15 is 0 Å². The van der Waals surface area contributed by atoms with Gasteiger partial charge in [-0.05, 0) is 12.1 Å². The van der Waals surface area contributed by atoms with Crippen molar-refractivity contribution in [2.24, 2.45) is 0 Å². The Bertz CT molecular complexity index is 591. The molecule has 1 aromatic rings. The monoisotopic (exact) mass is 294 g/mol. The second-order valence-corrected chi connectivity index (χ2v) is 5.11. The van der Waals surface area contributed by atoms with Gasteiger partial charge in [0, 0.05) is 38.8 Å². The molecule has 0 aliphatic carbocycles. The Morgan fingerprint density at radius 3 is 2.48 bits per heavy atom. The molecular formula is C15H16F2N2O2. The lowest BCUT2D eigenvalue weighted by Crippen LogP contribution is -2.41. The van der Waals surface area contributed by atoms with Gasteiger partial charge in [0.15, 0.2) is 5.78 Å². The number of carbonyl (C=O) groups excluding carboxylic acids is 2. The van der Waals surface area contributed by atoms with Crippen LogP contribution in [0.1, 0.15) is 16.8 Å². The van der Waals surface area contributed by atoms with Gasteiger partial charge in [0.2, 0.25) is 0 Å². The van der Waals surface area contributed by atoms with E-state index in [1.54, 1.807) is 25.2 Å². The molecule has 1 amide bonds. The summed E-state index contributed by atoms with van der Waals surface area (Å²) in [5.41, 5.74) is -0.118. The summed E-state index contributed by atoms with van der Waals surface area (Å²) < 4.78 is 27.3. The van der Waals surface area contributed by atoms with E-state index in [1.807, 2.05) is 0 Å². The quantitative estimate of drug-likeness (QED) is 0.781. The molecule has 1 aliphatic rings. The topological polar surface area (TPSA) is 40.6 Å². The lowest BCUT2D eigenvalue weighted by atomic mass is 10.0. The Balaban J connectivity index is 2.26. The molecule has 0 radical (unpaired) electrons. The van der Waals surface area contributed by atoms with Crippen LogP contribution in [0.4, 0.5) is 8.78 Å². The van der Waals surface area contributed by atoms with Gasteiger partial charge in [-0.3, -0.25) is 9.59 Å². The van der Waals surface area contributed by atoms with Gasteiger partial charge in [0.1, 0.15) is 17.2 Å². The summed E-state index contributed by atoms with van der Waals surface area (Å²) in [6.07, 6.45) is 1.78. The summed E-state index contributed by atoms with van der Waals surface area (Å²) in [5.74, 6) is -2.57. The zero-order chi connectivity index (χ0) is 15.6. The van der Waals surface area contributed by atoms with Crippen molar-refractivity contribution in [3.63, 3.8) is 0 Å².